The molecule has 0 bridgehead atoms. The minimum absolute atomic E-state index is 0.0325. The second-order valence-electron chi connectivity index (χ2n) is 4.03. The molecule has 0 radical (unpaired) electrons. The monoisotopic (exact) mass is 213 g/mol. The lowest BCUT2D eigenvalue weighted by molar-refractivity contribution is 0.456. The molecule has 1 unspecified atom stereocenters. The van der Waals surface area contributed by atoms with Crippen molar-refractivity contribution in [3.05, 3.63) is 11.1 Å². The lowest BCUT2D eigenvalue weighted by Gasteiger charge is -2.23. The van der Waals surface area contributed by atoms with E-state index >= 15 is 0 Å². The van der Waals surface area contributed by atoms with Crippen molar-refractivity contribution in [2.75, 3.05) is 25.5 Å². The molecule has 0 aliphatic heterocycles. The molecule has 1 rings (SSSR count). The SMILES string of the molecule is CCC(C)(CN)c1csc(N(C)C)n1. The maximum absolute atomic E-state index is 5.79. The number of thiazole rings is 1. The summed E-state index contributed by atoms with van der Waals surface area (Å²) in [6.45, 7) is 4.98. The van der Waals surface area contributed by atoms with E-state index in [0.717, 1.165) is 17.2 Å². The van der Waals surface area contributed by atoms with Gasteiger partial charge in [-0.05, 0) is 6.42 Å². The van der Waals surface area contributed by atoms with Gasteiger partial charge in [-0.3, -0.25) is 0 Å². The Balaban J connectivity index is 2.95. The first-order valence-electron chi connectivity index (χ1n) is 4.87. The fourth-order valence-electron chi connectivity index (χ4n) is 1.18. The third-order valence-corrected chi connectivity index (χ3v) is 3.73. The van der Waals surface area contributed by atoms with Crippen LogP contribution in [0.25, 0.3) is 0 Å². The molecule has 0 aliphatic carbocycles. The van der Waals surface area contributed by atoms with E-state index in [1.54, 1.807) is 11.3 Å². The van der Waals surface area contributed by atoms with Crippen molar-refractivity contribution in [3.63, 3.8) is 0 Å². The van der Waals surface area contributed by atoms with Crippen LogP contribution in [0.1, 0.15) is 26.0 Å². The average Bonchev–Trinajstić information content (AvgIpc) is 2.66. The van der Waals surface area contributed by atoms with Crippen LogP contribution in [0.5, 0.6) is 0 Å². The Morgan fingerprint density at radius 3 is 2.57 bits per heavy atom. The largest absolute Gasteiger partial charge is 0.354 e. The van der Waals surface area contributed by atoms with E-state index in [1.165, 1.54) is 0 Å². The van der Waals surface area contributed by atoms with E-state index in [0.29, 0.717) is 6.54 Å². The van der Waals surface area contributed by atoms with Crippen molar-refractivity contribution in [2.24, 2.45) is 5.73 Å². The Morgan fingerprint density at radius 1 is 1.57 bits per heavy atom. The Morgan fingerprint density at radius 2 is 2.21 bits per heavy atom. The number of nitrogens with two attached hydrogens (primary N) is 1. The van der Waals surface area contributed by atoms with E-state index < -0.39 is 0 Å². The summed E-state index contributed by atoms with van der Waals surface area (Å²) in [5.41, 5.74) is 6.94. The number of hydrogen-bond donors (Lipinski definition) is 1. The van der Waals surface area contributed by atoms with Gasteiger partial charge >= 0.3 is 0 Å². The summed E-state index contributed by atoms with van der Waals surface area (Å²) in [6.07, 6.45) is 1.03. The summed E-state index contributed by atoms with van der Waals surface area (Å²) in [4.78, 5) is 6.62. The van der Waals surface area contributed by atoms with Gasteiger partial charge in [-0.2, -0.15) is 0 Å². The van der Waals surface area contributed by atoms with Gasteiger partial charge in [-0.25, -0.2) is 4.98 Å². The van der Waals surface area contributed by atoms with Gasteiger partial charge in [0.05, 0.1) is 5.69 Å². The molecule has 14 heavy (non-hydrogen) atoms. The zero-order valence-corrected chi connectivity index (χ0v) is 10.2. The Bertz CT molecular complexity index is 289. The van der Waals surface area contributed by atoms with Gasteiger partial charge in [0, 0.05) is 31.4 Å². The summed E-state index contributed by atoms with van der Waals surface area (Å²) in [5, 5.41) is 3.17. The Labute approximate surface area is 89.9 Å². The second-order valence-corrected chi connectivity index (χ2v) is 4.86. The van der Waals surface area contributed by atoms with Crippen molar-refractivity contribution in [3.8, 4) is 0 Å². The lowest BCUT2D eigenvalue weighted by atomic mass is 9.85. The van der Waals surface area contributed by atoms with Crippen LogP contribution in [0, 0.1) is 0 Å². The van der Waals surface area contributed by atoms with Crippen molar-refractivity contribution >= 4 is 16.5 Å². The van der Waals surface area contributed by atoms with E-state index in [9.17, 15) is 0 Å². The van der Waals surface area contributed by atoms with Crippen molar-refractivity contribution < 1.29 is 0 Å². The fourth-order valence-corrected chi connectivity index (χ4v) is 2.09. The highest BCUT2D eigenvalue weighted by Gasteiger charge is 2.25. The van der Waals surface area contributed by atoms with Crippen LogP contribution in [-0.4, -0.2) is 25.6 Å². The smallest absolute Gasteiger partial charge is 0.184 e. The number of anilines is 1. The number of aromatic nitrogens is 1. The van der Waals surface area contributed by atoms with Crippen LogP contribution in [0.2, 0.25) is 0 Å². The molecule has 80 valence electrons. The molecular formula is C10H19N3S. The van der Waals surface area contributed by atoms with E-state index in [1.807, 2.05) is 19.0 Å². The predicted octanol–water partition coefficient (Wildman–Crippen LogP) is 1.84. The molecule has 0 saturated heterocycles. The van der Waals surface area contributed by atoms with Gasteiger partial charge in [-0.15, -0.1) is 11.3 Å². The summed E-state index contributed by atoms with van der Waals surface area (Å²) in [7, 11) is 4.02. The highest BCUT2D eigenvalue weighted by molar-refractivity contribution is 7.13. The third-order valence-electron chi connectivity index (χ3n) is 2.72. The van der Waals surface area contributed by atoms with Crippen LogP contribution in [0.4, 0.5) is 5.13 Å². The maximum Gasteiger partial charge on any atom is 0.184 e. The highest BCUT2D eigenvalue weighted by Crippen LogP contribution is 2.30. The van der Waals surface area contributed by atoms with Crippen LogP contribution >= 0.6 is 11.3 Å². The fraction of sp³-hybridized carbons (Fsp3) is 0.700. The number of nitrogens with zero attached hydrogens (tertiary/aromatic N) is 2. The zero-order valence-electron chi connectivity index (χ0n) is 9.37. The maximum atomic E-state index is 5.79. The molecule has 0 saturated carbocycles. The van der Waals surface area contributed by atoms with Gasteiger partial charge in [0.1, 0.15) is 0 Å². The summed E-state index contributed by atoms with van der Waals surface area (Å²) in [6, 6.07) is 0. The molecule has 0 fully saturated rings. The van der Waals surface area contributed by atoms with Crippen LogP contribution in [0.3, 0.4) is 0 Å². The topological polar surface area (TPSA) is 42.1 Å². The minimum atomic E-state index is 0.0325. The molecule has 1 aromatic heterocycles. The predicted molar refractivity (Wildman–Crippen MR) is 63.1 cm³/mol. The first-order valence-corrected chi connectivity index (χ1v) is 5.75. The third kappa shape index (κ3) is 2.07. The molecule has 3 nitrogen and oxygen atoms in total. The zero-order chi connectivity index (χ0) is 10.8. The normalized spacial score (nSPS) is 15.2. The van der Waals surface area contributed by atoms with Gasteiger partial charge in [0.25, 0.3) is 0 Å². The molecule has 4 heteroatoms. The van der Waals surface area contributed by atoms with Gasteiger partial charge in [0.15, 0.2) is 5.13 Å². The molecule has 0 amide bonds. The van der Waals surface area contributed by atoms with Crippen molar-refractivity contribution in [1.82, 2.24) is 4.98 Å². The molecule has 0 aliphatic rings. The molecule has 0 aromatic carbocycles. The quantitative estimate of drug-likeness (QED) is 0.830. The van der Waals surface area contributed by atoms with Gasteiger partial charge < -0.3 is 10.6 Å². The van der Waals surface area contributed by atoms with Gasteiger partial charge in [0.2, 0.25) is 0 Å². The number of hydrogen-bond acceptors (Lipinski definition) is 4. The first kappa shape index (κ1) is 11.5. The Hall–Kier alpha value is -0.610. The summed E-state index contributed by atoms with van der Waals surface area (Å²) >= 11 is 1.67. The van der Waals surface area contributed by atoms with Crippen LogP contribution in [0.15, 0.2) is 5.38 Å². The molecule has 2 N–H and O–H groups in total. The van der Waals surface area contributed by atoms with Crippen molar-refractivity contribution in [2.45, 2.75) is 25.7 Å². The minimum Gasteiger partial charge on any atom is -0.354 e. The van der Waals surface area contributed by atoms with Crippen LogP contribution in [-0.2, 0) is 5.41 Å². The van der Waals surface area contributed by atoms with Crippen molar-refractivity contribution in [1.29, 1.82) is 0 Å². The molecular weight excluding hydrogens is 194 g/mol. The van der Waals surface area contributed by atoms with E-state index in [-0.39, 0.29) is 5.41 Å². The lowest BCUT2D eigenvalue weighted by Crippen LogP contribution is -2.31. The summed E-state index contributed by atoms with van der Waals surface area (Å²) < 4.78 is 0. The highest BCUT2D eigenvalue weighted by atomic mass is 32.1. The average molecular weight is 213 g/mol. The molecule has 1 aromatic rings. The van der Waals surface area contributed by atoms with E-state index in [2.05, 4.69) is 24.2 Å². The van der Waals surface area contributed by atoms with E-state index in [4.69, 9.17) is 5.73 Å². The second kappa shape index (κ2) is 4.28. The first-order chi connectivity index (χ1) is 6.53. The standard InChI is InChI=1S/C10H19N3S/c1-5-10(2,7-11)8-6-14-9(12-8)13(3)4/h6H,5,7,11H2,1-4H3. The summed E-state index contributed by atoms with van der Waals surface area (Å²) in [5.74, 6) is 0. The van der Waals surface area contributed by atoms with Crippen LogP contribution < -0.4 is 10.6 Å². The molecule has 1 atom stereocenters. The number of rotatable bonds is 4. The van der Waals surface area contributed by atoms with Gasteiger partial charge in [-0.1, -0.05) is 13.8 Å². The molecule has 0 spiro atoms. The Kier molecular flexibility index (Phi) is 3.50. The molecule has 1 heterocycles.